The highest BCUT2D eigenvalue weighted by atomic mass is 16.3. The number of amides is 1. The van der Waals surface area contributed by atoms with Gasteiger partial charge in [-0.25, -0.2) is 0 Å². The highest BCUT2D eigenvalue weighted by molar-refractivity contribution is 5.99. The van der Waals surface area contributed by atoms with Crippen molar-refractivity contribution in [3.05, 3.63) is 101 Å². The summed E-state index contributed by atoms with van der Waals surface area (Å²) in [5, 5.41) is 11.5. The molecule has 0 radical (unpaired) electrons. The van der Waals surface area contributed by atoms with E-state index in [-0.39, 0.29) is 5.91 Å². The third-order valence-corrected chi connectivity index (χ3v) is 4.36. The van der Waals surface area contributed by atoms with Gasteiger partial charge in [0.15, 0.2) is 0 Å². The van der Waals surface area contributed by atoms with Crippen LogP contribution >= 0.6 is 0 Å². The predicted octanol–water partition coefficient (Wildman–Crippen LogP) is 2.93. The standard InChI is InChI=1S/C20H16N2O2/c23-19-17-12-7-13-21-18(17)20(24,16-10-5-2-6-11-16)22(19)14-15-8-3-1-4-9-15/h1-13,24H,14H2. The van der Waals surface area contributed by atoms with E-state index in [1.54, 1.807) is 18.3 Å². The molecule has 1 aliphatic heterocycles. The molecular formula is C20H16N2O2. The summed E-state index contributed by atoms with van der Waals surface area (Å²) < 4.78 is 0. The first kappa shape index (κ1) is 14.6. The van der Waals surface area contributed by atoms with Crippen LogP contribution in [0.3, 0.4) is 0 Å². The number of hydrogen-bond donors (Lipinski definition) is 1. The Kier molecular flexibility index (Phi) is 3.40. The van der Waals surface area contributed by atoms with Gasteiger partial charge in [-0.2, -0.15) is 0 Å². The zero-order chi connectivity index (χ0) is 16.6. The van der Waals surface area contributed by atoms with E-state index in [9.17, 15) is 9.90 Å². The fourth-order valence-corrected chi connectivity index (χ4v) is 3.19. The summed E-state index contributed by atoms with van der Waals surface area (Å²) >= 11 is 0. The van der Waals surface area contributed by atoms with Crippen molar-refractivity contribution >= 4 is 5.91 Å². The Balaban J connectivity index is 1.87. The molecule has 1 aromatic heterocycles. The Labute approximate surface area is 140 Å². The summed E-state index contributed by atoms with van der Waals surface area (Å²) in [5.74, 6) is -0.215. The molecule has 1 amide bonds. The van der Waals surface area contributed by atoms with Gasteiger partial charge in [0.05, 0.1) is 5.56 Å². The molecule has 2 heterocycles. The van der Waals surface area contributed by atoms with Gasteiger partial charge in [-0.3, -0.25) is 14.7 Å². The summed E-state index contributed by atoms with van der Waals surface area (Å²) in [7, 11) is 0. The second-order valence-electron chi connectivity index (χ2n) is 5.81. The smallest absolute Gasteiger partial charge is 0.259 e. The molecule has 0 bridgehead atoms. The highest BCUT2D eigenvalue weighted by Crippen LogP contribution is 2.41. The minimum Gasteiger partial charge on any atom is -0.362 e. The average Bonchev–Trinajstić information content (AvgIpc) is 2.87. The summed E-state index contributed by atoms with van der Waals surface area (Å²) in [4.78, 5) is 18.7. The van der Waals surface area contributed by atoms with E-state index in [0.29, 0.717) is 23.4 Å². The molecule has 0 spiro atoms. The number of carbonyl (C=O) groups is 1. The lowest BCUT2D eigenvalue weighted by Crippen LogP contribution is -2.44. The zero-order valence-electron chi connectivity index (χ0n) is 13.0. The number of aromatic nitrogens is 1. The Morgan fingerprint density at radius 1 is 0.917 bits per heavy atom. The number of nitrogens with zero attached hydrogens (tertiary/aromatic N) is 2. The van der Waals surface area contributed by atoms with Crippen molar-refractivity contribution in [3.63, 3.8) is 0 Å². The normalized spacial score (nSPS) is 19.4. The van der Waals surface area contributed by atoms with Crippen molar-refractivity contribution in [1.29, 1.82) is 0 Å². The van der Waals surface area contributed by atoms with Gasteiger partial charge in [-0.15, -0.1) is 0 Å². The van der Waals surface area contributed by atoms with Crippen LogP contribution in [0.2, 0.25) is 0 Å². The van der Waals surface area contributed by atoms with Gasteiger partial charge in [0, 0.05) is 18.3 Å². The molecule has 24 heavy (non-hydrogen) atoms. The van der Waals surface area contributed by atoms with Crippen LogP contribution in [0.1, 0.15) is 27.2 Å². The molecule has 1 N–H and O–H groups in total. The largest absolute Gasteiger partial charge is 0.362 e. The molecule has 0 saturated carbocycles. The highest BCUT2D eigenvalue weighted by Gasteiger charge is 2.51. The van der Waals surface area contributed by atoms with Gasteiger partial charge in [0.2, 0.25) is 5.72 Å². The third kappa shape index (κ3) is 2.12. The van der Waals surface area contributed by atoms with Gasteiger partial charge in [-0.05, 0) is 17.7 Å². The van der Waals surface area contributed by atoms with E-state index < -0.39 is 5.72 Å². The zero-order valence-corrected chi connectivity index (χ0v) is 13.0. The molecule has 2 aromatic carbocycles. The van der Waals surface area contributed by atoms with Crippen LogP contribution in [0.15, 0.2) is 79.0 Å². The first-order valence-electron chi connectivity index (χ1n) is 7.80. The fraction of sp³-hybridized carbons (Fsp3) is 0.100. The molecule has 1 aliphatic rings. The van der Waals surface area contributed by atoms with Crippen LogP contribution < -0.4 is 0 Å². The lowest BCUT2D eigenvalue weighted by molar-refractivity contribution is -0.0569. The van der Waals surface area contributed by atoms with E-state index >= 15 is 0 Å². The van der Waals surface area contributed by atoms with Gasteiger partial charge in [-0.1, -0.05) is 60.7 Å². The van der Waals surface area contributed by atoms with E-state index in [4.69, 9.17) is 0 Å². The maximum Gasteiger partial charge on any atom is 0.259 e. The van der Waals surface area contributed by atoms with Crippen molar-refractivity contribution < 1.29 is 9.90 Å². The molecule has 118 valence electrons. The van der Waals surface area contributed by atoms with E-state index in [1.165, 1.54) is 4.90 Å². The Hall–Kier alpha value is -2.98. The quantitative estimate of drug-likeness (QED) is 0.808. The Bertz CT molecular complexity index is 880. The van der Waals surface area contributed by atoms with Gasteiger partial charge in [0.25, 0.3) is 5.91 Å². The fourth-order valence-electron chi connectivity index (χ4n) is 3.19. The van der Waals surface area contributed by atoms with Crippen molar-refractivity contribution in [2.75, 3.05) is 0 Å². The van der Waals surface area contributed by atoms with Crippen LogP contribution in [0.4, 0.5) is 0 Å². The summed E-state index contributed by atoms with van der Waals surface area (Å²) in [6, 6.07) is 22.3. The molecule has 1 unspecified atom stereocenters. The van der Waals surface area contributed by atoms with Crippen LogP contribution in [-0.2, 0) is 12.3 Å². The van der Waals surface area contributed by atoms with E-state index in [2.05, 4.69) is 4.98 Å². The maximum atomic E-state index is 12.9. The second-order valence-corrected chi connectivity index (χ2v) is 5.81. The molecule has 0 aliphatic carbocycles. The topological polar surface area (TPSA) is 53.4 Å². The van der Waals surface area contributed by atoms with Crippen molar-refractivity contribution in [2.24, 2.45) is 0 Å². The maximum absolute atomic E-state index is 12.9. The van der Waals surface area contributed by atoms with Crippen LogP contribution in [0.5, 0.6) is 0 Å². The van der Waals surface area contributed by atoms with Crippen LogP contribution in [-0.4, -0.2) is 20.9 Å². The number of benzene rings is 2. The number of carbonyl (C=O) groups excluding carboxylic acids is 1. The molecule has 4 rings (SSSR count). The Morgan fingerprint density at radius 3 is 2.29 bits per heavy atom. The molecule has 4 heteroatoms. The number of aliphatic hydroxyl groups is 1. The summed E-state index contributed by atoms with van der Waals surface area (Å²) in [6.07, 6.45) is 1.60. The monoisotopic (exact) mass is 316 g/mol. The third-order valence-electron chi connectivity index (χ3n) is 4.36. The molecular weight excluding hydrogens is 300 g/mol. The second kappa shape index (κ2) is 5.58. The average molecular weight is 316 g/mol. The van der Waals surface area contributed by atoms with Gasteiger partial charge in [0.1, 0.15) is 5.69 Å². The van der Waals surface area contributed by atoms with Crippen molar-refractivity contribution in [3.8, 4) is 0 Å². The molecule has 0 fully saturated rings. The first-order valence-corrected chi connectivity index (χ1v) is 7.80. The molecule has 1 atom stereocenters. The van der Waals surface area contributed by atoms with Crippen LogP contribution in [0, 0.1) is 0 Å². The predicted molar refractivity (Wildman–Crippen MR) is 90.0 cm³/mol. The van der Waals surface area contributed by atoms with Crippen molar-refractivity contribution in [1.82, 2.24) is 9.88 Å². The lowest BCUT2D eigenvalue weighted by atomic mass is 9.98. The summed E-state index contributed by atoms with van der Waals surface area (Å²) in [6.45, 7) is 0.307. The van der Waals surface area contributed by atoms with E-state index in [0.717, 1.165) is 5.56 Å². The van der Waals surface area contributed by atoms with Crippen LogP contribution in [0.25, 0.3) is 0 Å². The first-order chi connectivity index (χ1) is 11.7. The molecule has 4 nitrogen and oxygen atoms in total. The Morgan fingerprint density at radius 2 is 1.58 bits per heavy atom. The van der Waals surface area contributed by atoms with Gasteiger partial charge < -0.3 is 5.11 Å². The number of pyridine rings is 1. The minimum atomic E-state index is -1.56. The lowest BCUT2D eigenvalue weighted by Gasteiger charge is -2.34. The minimum absolute atomic E-state index is 0.215. The molecule has 3 aromatic rings. The molecule has 0 saturated heterocycles. The number of fused-ring (bicyclic) bond motifs is 1. The van der Waals surface area contributed by atoms with Gasteiger partial charge >= 0.3 is 0 Å². The number of rotatable bonds is 3. The SMILES string of the molecule is O=C1c2cccnc2C(O)(c2ccccc2)N1Cc1ccccc1. The number of hydrogen-bond acceptors (Lipinski definition) is 3. The van der Waals surface area contributed by atoms with Crippen molar-refractivity contribution in [2.45, 2.75) is 12.3 Å². The van der Waals surface area contributed by atoms with E-state index in [1.807, 2.05) is 60.7 Å². The summed E-state index contributed by atoms with van der Waals surface area (Å²) in [5.41, 5.74) is 0.849.